The molecule has 0 bridgehead atoms. The second-order valence-electron chi connectivity index (χ2n) is 16.3. The fourth-order valence-corrected chi connectivity index (χ4v) is 10.5. The third-order valence-corrected chi connectivity index (χ3v) is 12.9. The van der Waals surface area contributed by atoms with Crippen LogP contribution in [0.4, 0.5) is 0 Å². The van der Waals surface area contributed by atoms with Crippen LogP contribution in [0, 0.1) is 0 Å². The van der Waals surface area contributed by atoms with Crippen molar-refractivity contribution in [2.45, 2.75) is 45.4 Å². The van der Waals surface area contributed by atoms with E-state index in [1.165, 1.54) is 104 Å². The zero-order valence-electron chi connectivity index (χ0n) is 32.3. The van der Waals surface area contributed by atoms with Gasteiger partial charge in [0, 0.05) is 22.1 Å². The van der Waals surface area contributed by atoms with Crippen molar-refractivity contribution >= 4 is 76.2 Å². The maximum Gasteiger partial charge on any atom is 0.136 e. The molecule has 1 unspecified atom stereocenters. The number of rotatable bonds is 4. The number of hydrogen-bond donors (Lipinski definition) is 0. The van der Waals surface area contributed by atoms with E-state index in [0.29, 0.717) is 5.92 Å². The molecule has 8 aromatic carbocycles. The van der Waals surface area contributed by atoms with Gasteiger partial charge in [0.25, 0.3) is 0 Å². The Balaban J connectivity index is 1.07. The minimum atomic E-state index is -0.0880. The van der Waals surface area contributed by atoms with Crippen LogP contribution in [0.3, 0.4) is 0 Å². The smallest absolute Gasteiger partial charge is 0.136 e. The van der Waals surface area contributed by atoms with E-state index in [4.69, 9.17) is 4.42 Å². The highest BCUT2D eigenvalue weighted by molar-refractivity contribution is 6.22. The molecular weight excluding hydrogens is 677 g/mol. The van der Waals surface area contributed by atoms with Crippen LogP contribution in [-0.4, -0.2) is 0 Å². The van der Waals surface area contributed by atoms with Crippen molar-refractivity contribution < 1.29 is 4.42 Å². The number of allylic oxidation sites excluding steroid dienone is 8. The molecule has 0 N–H and O–H groups in total. The van der Waals surface area contributed by atoms with Gasteiger partial charge in [0.15, 0.2) is 0 Å². The third-order valence-electron chi connectivity index (χ3n) is 12.9. The molecular formula is C55H42O. The summed E-state index contributed by atoms with van der Waals surface area (Å²) in [7, 11) is 0. The predicted octanol–water partition coefficient (Wildman–Crippen LogP) is 15.6. The fraction of sp³-hybridized carbons (Fsp3) is 0.127. The Kier molecular flexibility index (Phi) is 7.23. The molecule has 2 aliphatic rings. The molecule has 0 saturated heterocycles. The predicted molar refractivity (Wildman–Crippen MR) is 241 cm³/mol. The molecule has 0 saturated carbocycles. The first-order valence-electron chi connectivity index (χ1n) is 20.0. The summed E-state index contributed by atoms with van der Waals surface area (Å²) in [6.07, 6.45) is 12.3. The Labute approximate surface area is 327 Å². The van der Waals surface area contributed by atoms with Crippen molar-refractivity contribution in [2.75, 3.05) is 0 Å². The molecule has 56 heavy (non-hydrogen) atoms. The zero-order chi connectivity index (χ0) is 37.7. The first-order chi connectivity index (χ1) is 27.4. The normalized spacial score (nSPS) is 16.7. The monoisotopic (exact) mass is 718 g/mol. The summed E-state index contributed by atoms with van der Waals surface area (Å²) in [5.41, 5.74) is 14.1. The van der Waals surface area contributed by atoms with Crippen molar-refractivity contribution in [3.63, 3.8) is 0 Å². The first-order valence-corrected chi connectivity index (χ1v) is 20.0. The molecule has 0 aliphatic heterocycles. The average Bonchev–Trinajstić information content (AvgIpc) is 3.71. The minimum Gasteiger partial charge on any atom is -0.456 e. The highest BCUT2D eigenvalue weighted by atomic mass is 16.3. The third kappa shape index (κ3) is 4.67. The van der Waals surface area contributed by atoms with Gasteiger partial charge in [-0.1, -0.05) is 165 Å². The Hall–Kier alpha value is -6.44. The number of benzene rings is 8. The van der Waals surface area contributed by atoms with Gasteiger partial charge in [0.2, 0.25) is 0 Å². The highest BCUT2D eigenvalue weighted by Gasteiger charge is 2.44. The Bertz CT molecular complexity index is 3210. The number of para-hydroxylation sites is 1. The van der Waals surface area contributed by atoms with Crippen molar-refractivity contribution in [2.24, 2.45) is 0 Å². The molecule has 1 heterocycles. The van der Waals surface area contributed by atoms with Crippen molar-refractivity contribution in [3.05, 3.63) is 192 Å². The van der Waals surface area contributed by atoms with E-state index in [0.717, 1.165) is 17.6 Å². The standard InChI is InChI=1S/C55H42O/c1-5-6-15-33(2)52-40-19-9-11-21-42(40)53(43-22-12-10-20-41(43)52)44-28-27-36(37-16-7-8-17-38(37)44)34-25-29-49-47(30-34)45-26-24-35-31-51-48(32-46(35)54(45)55(49,3)4)39-18-13-14-23-50(39)56-51/h5-29,31-32,47H,30H2,1-4H3/b6-5-,33-15+. The van der Waals surface area contributed by atoms with E-state index in [1.807, 2.05) is 0 Å². The molecule has 268 valence electrons. The summed E-state index contributed by atoms with van der Waals surface area (Å²) in [5.74, 6) is 0.332. The number of hydrogen-bond acceptors (Lipinski definition) is 1. The molecule has 0 radical (unpaired) electrons. The van der Waals surface area contributed by atoms with Crippen molar-refractivity contribution in [1.29, 1.82) is 0 Å². The molecule has 2 aliphatic carbocycles. The van der Waals surface area contributed by atoms with Gasteiger partial charge in [-0.25, -0.2) is 0 Å². The average molecular weight is 719 g/mol. The van der Waals surface area contributed by atoms with Crippen LogP contribution >= 0.6 is 0 Å². The fourth-order valence-electron chi connectivity index (χ4n) is 10.5. The molecule has 1 nitrogen and oxygen atoms in total. The van der Waals surface area contributed by atoms with Crippen LogP contribution in [0.1, 0.15) is 62.3 Å². The van der Waals surface area contributed by atoms with E-state index in [9.17, 15) is 0 Å². The van der Waals surface area contributed by atoms with Gasteiger partial charge in [0.1, 0.15) is 11.2 Å². The van der Waals surface area contributed by atoms with Crippen LogP contribution in [0.15, 0.2) is 174 Å². The lowest BCUT2D eigenvalue weighted by molar-refractivity contribution is 0.618. The Morgan fingerprint density at radius 3 is 1.95 bits per heavy atom. The van der Waals surface area contributed by atoms with Gasteiger partial charge in [0.05, 0.1) is 0 Å². The maximum atomic E-state index is 6.31. The summed E-state index contributed by atoms with van der Waals surface area (Å²) in [5, 5.41) is 12.7. The SMILES string of the molecule is C/C=C\C=C(/C)c1c2ccccc2c(-c2ccc(C3=CC=C4C(C3)c3ccc5cc6oc7ccccc7c6cc5c3C4(C)C)c3ccccc23)c2ccccc12. The van der Waals surface area contributed by atoms with Gasteiger partial charge < -0.3 is 4.42 Å². The summed E-state index contributed by atoms with van der Waals surface area (Å²) >= 11 is 0. The Morgan fingerprint density at radius 2 is 1.23 bits per heavy atom. The maximum absolute atomic E-state index is 6.31. The van der Waals surface area contributed by atoms with E-state index in [-0.39, 0.29) is 5.41 Å². The van der Waals surface area contributed by atoms with Crippen molar-refractivity contribution in [1.82, 2.24) is 0 Å². The molecule has 1 atom stereocenters. The van der Waals surface area contributed by atoms with Gasteiger partial charge in [-0.15, -0.1) is 0 Å². The van der Waals surface area contributed by atoms with E-state index in [2.05, 4.69) is 192 Å². The van der Waals surface area contributed by atoms with Crippen LogP contribution in [0.2, 0.25) is 0 Å². The lowest BCUT2D eigenvalue weighted by atomic mass is 9.75. The summed E-state index contributed by atoms with van der Waals surface area (Å²) in [6, 6.07) is 49.6. The first kappa shape index (κ1) is 32.9. The number of fused-ring (bicyclic) bond motifs is 11. The molecule has 0 amide bonds. The molecule has 1 aromatic heterocycles. The molecule has 11 rings (SSSR count). The van der Waals surface area contributed by atoms with Crippen LogP contribution < -0.4 is 0 Å². The van der Waals surface area contributed by atoms with Gasteiger partial charge in [-0.05, 0) is 126 Å². The molecule has 9 aromatic rings. The quantitative estimate of drug-likeness (QED) is 0.130. The van der Waals surface area contributed by atoms with E-state index >= 15 is 0 Å². The van der Waals surface area contributed by atoms with Crippen molar-refractivity contribution in [3.8, 4) is 11.1 Å². The topological polar surface area (TPSA) is 13.1 Å². The molecule has 0 spiro atoms. The molecule has 0 fully saturated rings. The van der Waals surface area contributed by atoms with Gasteiger partial charge in [-0.2, -0.15) is 0 Å². The van der Waals surface area contributed by atoms with Crippen LogP contribution in [0.5, 0.6) is 0 Å². The largest absolute Gasteiger partial charge is 0.456 e. The van der Waals surface area contributed by atoms with E-state index < -0.39 is 0 Å². The summed E-state index contributed by atoms with van der Waals surface area (Å²) in [4.78, 5) is 0. The summed E-state index contributed by atoms with van der Waals surface area (Å²) < 4.78 is 6.31. The number of furan rings is 1. The summed E-state index contributed by atoms with van der Waals surface area (Å²) in [6.45, 7) is 9.17. The minimum absolute atomic E-state index is 0.0880. The lowest BCUT2D eigenvalue weighted by Crippen LogP contribution is -2.18. The highest BCUT2D eigenvalue weighted by Crippen LogP contribution is 2.57. The lowest BCUT2D eigenvalue weighted by Gasteiger charge is -2.28. The van der Waals surface area contributed by atoms with Crippen LogP contribution in [0.25, 0.3) is 87.3 Å². The van der Waals surface area contributed by atoms with E-state index in [1.54, 1.807) is 0 Å². The zero-order valence-corrected chi connectivity index (χ0v) is 32.3. The second-order valence-corrected chi connectivity index (χ2v) is 16.3. The van der Waals surface area contributed by atoms with Gasteiger partial charge >= 0.3 is 0 Å². The van der Waals surface area contributed by atoms with Crippen LogP contribution in [-0.2, 0) is 5.41 Å². The molecule has 1 heteroatoms. The van der Waals surface area contributed by atoms with Gasteiger partial charge in [-0.3, -0.25) is 0 Å². The second kappa shape index (κ2) is 12.3. The Morgan fingerprint density at radius 1 is 0.607 bits per heavy atom.